The van der Waals surface area contributed by atoms with Crippen molar-refractivity contribution in [3.8, 4) is 11.5 Å². The van der Waals surface area contributed by atoms with Crippen molar-refractivity contribution in [2.75, 3.05) is 24.2 Å². The summed E-state index contributed by atoms with van der Waals surface area (Å²) in [5.41, 5.74) is 2.07. The first-order valence-electron chi connectivity index (χ1n) is 13.5. The van der Waals surface area contributed by atoms with Crippen LogP contribution in [0.1, 0.15) is 38.3 Å². The number of carbonyl (C=O) groups is 2. The number of sulfonamides is 1. The Bertz CT molecular complexity index is 1390. The summed E-state index contributed by atoms with van der Waals surface area (Å²) >= 11 is 0. The van der Waals surface area contributed by atoms with Gasteiger partial charge in [0.15, 0.2) is 0 Å². The Balaban J connectivity index is 1.86. The zero-order chi connectivity index (χ0) is 30.0. The fourth-order valence-electron chi connectivity index (χ4n) is 4.33. The summed E-state index contributed by atoms with van der Waals surface area (Å²) in [4.78, 5) is 28.4. The normalized spacial score (nSPS) is 12.0. The summed E-state index contributed by atoms with van der Waals surface area (Å²) in [6, 6.07) is 22.5. The van der Waals surface area contributed by atoms with Gasteiger partial charge in [-0.3, -0.25) is 13.9 Å². The summed E-state index contributed by atoms with van der Waals surface area (Å²) in [5, 5.41) is 2.88. The van der Waals surface area contributed by atoms with Gasteiger partial charge in [-0.25, -0.2) is 8.42 Å². The second-order valence-corrected chi connectivity index (χ2v) is 11.9. The van der Waals surface area contributed by atoms with Crippen molar-refractivity contribution in [1.82, 2.24) is 10.2 Å². The van der Waals surface area contributed by atoms with Crippen LogP contribution < -0.4 is 19.1 Å². The summed E-state index contributed by atoms with van der Waals surface area (Å²) in [6.07, 6.45) is 1.40. The number of anilines is 1. The Labute approximate surface area is 243 Å². The second-order valence-electron chi connectivity index (χ2n) is 10.00. The van der Waals surface area contributed by atoms with Crippen LogP contribution in [0.15, 0.2) is 78.9 Å². The molecule has 9 nitrogen and oxygen atoms in total. The van der Waals surface area contributed by atoms with Gasteiger partial charge in [-0.05, 0) is 67.8 Å². The van der Waals surface area contributed by atoms with E-state index in [0.717, 1.165) is 21.7 Å². The summed E-state index contributed by atoms with van der Waals surface area (Å²) in [6.45, 7) is 5.50. The first kappa shape index (κ1) is 31.5. The van der Waals surface area contributed by atoms with Gasteiger partial charge in [-0.15, -0.1) is 0 Å². The van der Waals surface area contributed by atoms with Crippen LogP contribution >= 0.6 is 0 Å². The maximum absolute atomic E-state index is 13.8. The van der Waals surface area contributed by atoms with E-state index in [2.05, 4.69) is 5.32 Å². The number of hydrogen-bond donors (Lipinski definition) is 1. The zero-order valence-electron chi connectivity index (χ0n) is 24.2. The summed E-state index contributed by atoms with van der Waals surface area (Å²) in [7, 11) is -2.29. The van der Waals surface area contributed by atoms with E-state index in [-0.39, 0.29) is 18.5 Å². The van der Waals surface area contributed by atoms with Gasteiger partial charge in [0.05, 0.1) is 19.1 Å². The van der Waals surface area contributed by atoms with Gasteiger partial charge in [0.1, 0.15) is 30.7 Å². The molecule has 3 aromatic carbocycles. The summed E-state index contributed by atoms with van der Waals surface area (Å²) < 4.78 is 37.9. The van der Waals surface area contributed by atoms with Crippen LogP contribution in [0.2, 0.25) is 0 Å². The molecule has 0 fully saturated rings. The molecule has 0 saturated carbocycles. The van der Waals surface area contributed by atoms with Gasteiger partial charge < -0.3 is 19.7 Å². The molecule has 0 bridgehead atoms. The molecule has 2 amide bonds. The van der Waals surface area contributed by atoms with Gasteiger partial charge in [-0.2, -0.15) is 0 Å². The lowest BCUT2D eigenvalue weighted by atomic mass is 10.1. The maximum Gasteiger partial charge on any atom is 0.244 e. The molecule has 10 heteroatoms. The molecule has 0 spiro atoms. The van der Waals surface area contributed by atoms with Gasteiger partial charge in [0.2, 0.25) is 21.8 Å². The molecule has 0 aromatic heterocycles. The minimum absolute atomic E-state index is 0.101. The molecular weight excluding hydrogens is 542 g/mol. The Hall–Kier alpha value is -4.05. The first-order valence-corrected chi connectivity index (χ1v) is 15.3. The van der Waals surface area contributed by atoms with E-state index in [0.29, 0.717) is 30.2 Å². The maximum atomic E-state index is 13.8. The van der Waals surface area contributed by atoms with E-state index in [1.54, 1.807) is 49.6 Å². The van der Waals surface area contributed by atoms with Crippen LogP contribution in [0.3, 0.4) is 0 Å². The quantitative estimate of drug-likeness (QED) is 0.303. The molecule has 0 radical (unpaired) electrons. The summed E-state index contributed by atoms with van der Waals surface area (Å²) in [5.74, 6) is 0.369. The van der Waals surface area contributed by atoms with Crippen LogP contribution in [0.5, 0.6) is 11.5 Å². The number of carbonyl (C=O) groups excluding carboxylic acids is 2. The molecule has 41 heavy (non-hydrogen) atoms. The van der Waals surface area contributed by atoms with Crippen LogP contribution in [0.4, 0.5) is 5.69 Å². The largest absolute Gasteiger partial charge is 0.497 e. The van der Waals surface area contributed by atoms with E-state index in [4.69, 9.17) is 9.47 Å². The molecule has 3 aromatic rings. The minimum Gasteiger partial charge on any atom is -0.497 e. The van der Waals surface area contributed by atoms with E-state index < -0.39 is 28.5 Å². The Morgan fingerprint density at radius 3 is 2.15 bits per heavy atom. The predicted molar refractivity (Wildman–Crippen MR) is 160 cm³/mol. The Morgan fingerprint density at radius 2 is 1.56 bits per heavy atom. The van der Waals surface area contributed by atoms with Crippen molar-refractivity contribution in [3.05, 3.63) is 90.0 Å². The van der Waals surface area contributed by atoms with Crippen molar-refractivity contribution in [3.63, 3.8) is 0 Å². The van der Waals surface area contributed by atoms with Crippen molar-refractivity contribution in [2.24, 2.45) is 0 Å². The van der Waals surface area contributed by atoms with E-state index in [1.165, 1.54) is 4.90 Å². The third-order valence-corrected chi connectivity index (χ3v) is 7.50. The molecule has 0 unspecified atom stereocenters. The highest BCUT2D eigenvalue weighted by molar-refractivity contribution is 7.92. The Morgan fingerprint density at radius 1 is 0.902 bits per heavy atom. The molecule has 0 saturated heterocycles. The predicted octanol–water partition coefficient (Wildman–Crippen LogP) is 4.37. The van der Waals surface area contributed by atoms with Gasteiger partial charge in [0, 0.05) is 12.6 Å². The van der Waals surface area contributed by atoms with Crippen molar-refractivity contribution >= 4 is 27.5 Å². The van der Waals surface area contributed by atoms with Crippen LogP contribution in [0, 0.1) is 0 Å². The third-order valence-electron chi connectivity index (χ3n) is 6.36. The molecule has 1 N–H and O–H groups in total. The minimum atomic E-state index is -3.85. The lowest BCUT2D eigenvalue weighted by molar-refractivity contribution is -0.140. The number of nitrogens with one attached hydrogen (secondary N) is 1. The van der Waals surface area contributed by atoms with E-state index in [9.17, 15) is 18.0 Å². The van der Waals surface area contributed by atoms with Crippen LogP contribution in [-0.2, 0) is 32.8 Å². The van der Waals surface area contributed by atoms with Crippen molar-refractivity contribution in [2.45, 2.75) is 52.4 Å². The first-order chi connectivity index (χ1) is 19.5. The number of ether oxygens (including phenoxy) is 2. The highest BCUT2D eigenvalue weighted by Gasteiger charge is 2.32. The molecule has 1 atom stereocenters. The number of hydrogen-bond acceptors (Lipinski definition) is 6. The number of nitrogens with zero attached hydrogens (tertiary/aromatic N) is 2. The number of methoxy groups -OCH3 is 1. The molecule has 0 heterocycles. The van der Waals surface area contributed by atoms with Crippen molar-refractivity contribution < 1.29 is 27.5 Å². The number of benzene rings is 3. The zero-order valence-corrected chi connectivity index (χ0v) is 25.1. The smallest absolute Gasteiger partial charge is 0.244 e. The molecule has 0 aliphatic rings. The molecule has 0 aliphatic heterocycles. The molecular formula is C31H39N3O6S. The SMILES string of the molecule is CC[C@@H](C(=O)NC(C)C)N(Cc1cccc(OC)c1)C(=O)CN(c1ccc(OCc2ccccc2)cc1)S(C)(=O)=O. The highest BCUT2D eigenvalue weighted by atomic mass is 32.2. The molecule has 220 valence electrons. The lowest BCUT2D eigenvalue weighted by Gasteiger charge is -2.33. The number of rotatable bonds is 14. The van der Waals surface area contributed by atoms with Gasteiger partial charge in [-0.1, -0.05) is 49.4 Å². The standard InChI is InChI=1S/C31H39N3O6S/c1-6-29(31(36)32-23(2)3)33(20-25-13-10-14-28(19-25)39-4)30(35)21-34(41(5,37)38)26-15-17-27(18-16-26)40-22-24-11-8-7-9-12-24/h7-19,23,29H,6,20-22H2,1-5H3,(H,32,36)/t29-/m0/s1. The highest BCUT2D eigenvalue weighted by Crippen LogP contribution is 2.24. The lowest BCUT2D eigenvalue weighted by Crippen LogP contribution is -2.53. The van der Waals surface area contributed by atoms with E-state index in [1.807, 2.05) is 57.2 Å². The molecule has 3 rings (SSSR count). The average Bonchev–Trinajstić information content (AvgIpc) is 2.94. The number of amides is 2. The van der Waals surface area contributed by atoms with Crippen LogP contribution in [0.25, 0.3) is 0 Å². The fraction of sp³-hybridized carbons (Fsp3) is 0.355. The fourth-order valence-corrected chi connectivity index (χ4v) is 5.18. The van der Waals surface area contributed by atoms with E-state index >= 15 is 0 Å². The van der Waals surface area contributed by atoms with Crippen molar-refractivity contribution in [1.29, 1.82) is 0 Å². The second kappa shape index (κ2) is 14.5. The van der Waals surface area contributed by atoms with Gasteiger partial charge in [0.25, 0.3) is 0 Å². The third kappa shape index (κ3) is 9.24. The monoisotopic (exact) mass is 581 g/mol. The topological polar surface area (TPSA) is 105 Å². The van der Waals surface area contributed by atoms with Gasteiger partial charge >= 0.3 is 0 Å². The Kier molecular flexibility index (Phi) is 11.2. The average molecular weight is 582 g/mol. The molecule has 0 aliphatic carbocycles. The van der Waals surface area contributed by atoms with Crippen LogP contribution in [-0.4, -0.2) is 57.1 Å².